The van der Waals surface area contributed by atoms with Crippen LogP contribution in [-0.2, 0) is 25.9 Å². The van der Waals surface area contributed by atoms with Gasteiger partial charge in [0.25, 0.3) is 0 Å². The molecule has 0 saturated heterocycles. The number of aromatic carboxylic acids is 1. The topological polar surface area (TPSA) is 69.2 Å². The first-order valence-corrected chi connectivity index (χ1v) is 8.06. The van der Waals surface area contributed by atoms with Gasteiger partial charge >= 0.3 is 12.1 Å². The molecule has 0 spiro atoms. The van der Waals surface area contributed by atoms with Crippen LogP contribution in [0.15, 0.2) is 18.2 Å². The summed E-state index contributed by atoms with van der Waals surface area (Å²) >= 11 is 0. The molecule has 0 bridgehead atoms. The van der Waals surface area contributed by atoms with Gasteiger partial charge in [-0.3, -0.25) is 0 Å². The summed E-state index contributed by atoms with van der Waals surface area (Å²) in [5.74, 6) is -1.80. The van der Waals surface area contributed by atoms with E-state index in [0.29, 0.717) is 36.8 Å². The maximum Gasteiger partial charge on any atom is 0.392 e. The second-order valence-corrected chi connectivity index (χ2v) is 6.57. The third kappa shape index (κ3) is 2.75. The fourth-order valence-electron chi connectivity index (χ4n) is 3.67. The first kappa shape index (κ1) is 16.0. The Labute approximate surface area is 141 Å². The third-order valence-corrected chi connectivity index (χ3v) is 5.01. The minimum atomic E-state index is -4.19. The normalized spacial score (nSPS) is 19.6. The van der Waals surface area contributed by atoms with Crippen LogP contribution in [-0.4, -0.2) is 27.2 Å². The van der Waals surface area contributed by atoms with Crippen LogP contribution in [0, 0.1) is 5.92 Å². The van der Waals surface area contributed by atoms with Gasteiger partial charge in [-0.15, -0.1) is 0 Å². The number of fused-ring (bicyclic) bond motifs is 2. The van der Waals surface area contributed by atoms with Crippen molar-refractivity contribution in [3.8, 4) is 0 Å². The molecule has 1 aliphatic carbocycles. The van der Waals surface area contributed by atoms with Crippen molar-refractivity contribution in [2.24, 2.45) is 5.92 Å². The van der Waals surface area contributed by atoms with Crippen LogP contribution in [0.4, 0.5) is 19.1 Å². The molecule has 8 heteroatoms. The van der Waals surface area contributed by atoms with Crippen molar-refractivity contribution in [3.63, 3.8) is 0 Å². The lowest BCUT2D eigenvalue weighted by molar-refractivity contribution is -0.177. The number of aromatic amines is 1. The van der Waals surface area contributed by atoms with E-state index in [1.54, 1.807) is 12.1 Å². The van der Waals surface area contributed by atoms with Crippen LogP contribution in [0.5, 0.6) is 0 Å². The number of anilines is 1. The van der Waals surface area contributed by atoms with Crippen LogP contribution in [0.1, 0.15) is 39.3 Å². The first-order chi connectivity index (χ1) is 11.8. The molecule has 0 saturated carbocycles. The van der Waals surface area contributed by atoms with Crippen molar-refractivity contribution >= 4 is 11.9 Å². The number of nitrogens with zero attached hydrogens (tertiary/aromatic N) is 2. The second-order valence-electron chi connectivity index (χ2n) is 6.57. The van der Waals surface area contributed by atoms with Gasteiger partial charge < -0.3 is 15.0 Å². The van der Waals surface area contributed by atoms with Crippen molar-refractivity contribution in [2.75, 3.05) is 4.90 Å². The summed E-state index contributed by atoms with van der Waals surface area (Å²) in [6.07, 6.45) is -3.91. The molecule has 5 nitrogen and oxygen atoms in total. The molecule has 1 atom stereocenters. The van der Waals surface area contributed by atoms with Gasteiger partial charge in [-0.1, -0.05) is 12.1 Å². The van der Waals surface area contributed by atoms with E-state index in [9.17, 15) is 23.1 Å². The molecule has 132 valence electrons. The number of alkyl halides is 3. The molecule has 1 aromatic carbocycles. The molecular formula is C17H16F3N3O2. The van der Waals surface area contributed by atoms with Gasteiger partial charge in [-0.05, 0) is 30.0 Å². The lowest BCUT2D eigenvalue weighted by atomic mass is 9.89. The van der Waals surface area contributed by atoms with Gasteiger partial charge in [-0.2, -0.15) is 13.2 Å². The molecular weight excluding hydrogens is 335 g/mol. The van der Waals surface area contributed by atoms with Gasteiger partial charge in [-0.25, -0.2) is 9.78 Å². The molecule has 2 heterocycles. The molecule has 2 aliphatic rings. The first-order valence-electron chi connectivity index (χ1n) is 8.06. The second kappa shape index (κ2) is 5.50. The Hall–Kier alpha value is -2.51. The van der Waals surface area contributed by atoms with Gasteiger partial charge in [0.15, 0.2) is 0 Å². The Morgan fingerprint density at radius 2 is 2.12 bits per heavy atom. The standard InChI is InChI=1S/C17H16F3N3O2/c18-17(19,20)10-4-5-13-14(6-10)22-16(21-13)23-7-9-2-1-3-11(15(24)25)12(9)8-23/h1-3,10H,4-8H2,(H,21,22)(H,24,25)/t10-/m1/s1. The van der Waals surface area contributed by atoms with Crippen molar-refractivity contribution < 1.29 is 23.1 Å². The fraction of sp³-hybridized carbons (Fsp3) is 0.412. The van der Waals surface area contributed by atoms with E-state index in [1.165, 1.54) is 0 Å². The quantitative estimate of drug-likeness (QED) is 0.871. The number of aryl methyl sites for hydroxylation is 1. The Morgan fingerprint density at radius 1 is 1.32 bits per heavy atom. The van der Waals surface area contributed by atoms with Crippen molar-refractivity contribution in [3.05, 3.63) is 46.3 Å². The molecule has 2 N–H and O–H groups in total. The number of carbonyl (C=O) groups is 1. The number of carboxylic acid groups (broad SMARTS) is 1. The molecule has 4 rings (SSSR count). The van der Waals surface area contributed by atoms with Crippen LogP contribution >= 0.6 is 0 Å². The Morgan fingerprint density at radius 3 is 2.84 bits per heavy atom. The highest BCUT2D eigenvalue weighted by atomic mass is 19.4. The molecule has 0 radical (unpaired) electrons. The van der Waals surface area contributed by atoms with Crippen LogP contribution in [0.3, 0.4) is 0 Å². The van der Waals surface area contributed by atoms with Gasteiger partial charge in [0.2, 0.25) is 5.95 Å². The third-order valence-electron chi connectivity index (χ3n) is 5.01. The zero-order valence-electron chi connectivity index (χ0n) is 13.2. The predicted molar refractivity (Wildman–Crippen MR) is 83.4 cm³/mol. The Kier molecular flexibility index (Phi) is 3.52. The van der Waals surface area contributed by atoms with Crippen molar-refractivity contribution in [1.29, 1.82) is 0 Å². The highest BCUT2D eigenvalue weighted by Crippen LogP contribution is 2.38. The SMILES string of the molecule is O=C(O)c1cccc2c1CN(c1nc3c([nH]1)C[C@H](C(F)(F)F)CC3)C2. The molecule has 0 unspecified atom stereocenters. The summed E-state index contributed by atoms with van der Waals surface area (Å²) in [7, 11) is 0. The average molecular weight is 351 g/mol. The average Bonchev–Trinajstić information content (AvgIpc) is 3.16. The number of rotatable bonds is 2. The summed E-state index contributed by atoms with van der Waals surface area (Å²) in [5.41, 5.74) is 3.12. The number of benzene rings is 1. The highest BCUT2D eigenvalue weighted by molar-refractivity contribution is 5.90. The summed E-state index contributed by atoms with van der Waals surface area (Å²) in [6, 6.07) is 5.13. The van der Waals surface area contributed by atoms with Crippen LogP contribution in [0.25, 0.3) is 0 Å². The number of H-pyrrole nitrogens is 1. The van der Waals surface area contributed by atoms with Gasteiger partial charge in [0.05, 0.1) is 17.2 Å². The molecule has 1 aromatic heterocycles. The molecule has 2 aromatic rings. The number of aromatic nitrogens is 2. The van der Waals surface area contributed by atoms with Gasteiger partial charge in [0, 0.05) is 25.2 Å². The smallest absolute Gasteiger partial charge is 0.392 e. The summed E-state index contributed by atoms with van der Waals surface area (Å²) in [4.78, 5) is 20.7. The number of imidazole rings is 1. The number of carboxylic acids is 1. The van der Waals surface area contributed by atoms with Gasteiger partial charge in [0.1, 0.15) is 0 Å². The minimum Gasteiger partial charge on any atom is -0.478 e. The van der Waals surface area contributed by atoms with E-state index in [4.69, 9.17) is 0 Å². The Bertz CT molecular complexity index is 844. The summed E-state index contributed by atoms with van der Waals surface area (Å²) in [5, 5.41) is 9.30. The van der Waals surface area contributed by atoms with Crippen molar-refractivity contribution in [1.82, 2.24) is 9.97 Å². The predicted octanol–water partition coefficient (Wildman–Crippen LogP) is 3.30. The van der Waals surface area contributed by atoms with E-state index in [0.717, 1.165) is 11.1 Å². The van der Waals surface area contributed by atoms with E-state index in [2.05, 4.69) is 9.97 Å². The monoisotopic (exact) mass is 351 g/mol. The zero-order valence-corrected chi connectivity index (χ0v) is 13.2. The summed E-state index contributed by atoms with van der Waals surface area (Å²) in [6.45, 7) is 0.873. The number of hydrogen-bond acceptors (Lipinski definition) is 3. The number of hydrogen-bond donors (Lipinski definition) is 2. The number of nitrogens with one attached hydrogen (secondary N) is 1. The molecule has 0 amide bonds. The largest absolute Gasteiger partial charge is 0.478 e. The van der Waals surface area contributed by atoms with E-state index < -0.39 is 18.1 Å². The highest BCUT2D eigenvalue weighted by Gasteiger charge is 2.42. The molecule has 25 heavy (non-hydrogen) atoms. The van der Waals surface area contributed by atoms with Crippen LogP contribution in [0.2, 0.25) is 0 Å². The maximum atomic E-state index is 12.9. The zero-order chi connectivity index (χ0) is 17.8. The fourth-order valence-corrected chi connectivity index (χ4v) is 3.67. The minimum absolute atomic E-state index is 0.0597. The lowest BCUT2D eigenvalue weighted by Gasteiger charge is -2.23. The van der Waals surface area contributed by atoms with Crippen molar-refractivity contribution in [2.45, 2.75) is 38.5 Å². The Balaban J connectivity index is 1.59. The summed E-state index contributed by atoms with van der Waals surface area (Å²) < 4.78 is 38.8. The van der Waals surface area contributed by atoms with E-state index in [-0.39, 0.29) is 18.4 Å². The van der Waals surface area contributed by atoms with Crippen LogP contribution < -0.4 is 4.90 Å². The maximum absolute atomic E-state index is 12.9. The lowest BCUT2D eigenvalue weighted by Crippen LogP contribution is -2.28. The molecule has 1 aliphatic heterocycles. The van der Waals surface area contributed by atoms with E-state index >= 15 is 0 Å². The number of halogens is 3. The molecule has 0 fully saturated rings. The van der Waals surface area contributed by atoms with E-state index in [1.807, 2.05) is 11.0 Å².